The first-order valence-electron chi connectivity index (χ1n) is 22.6. The van der Waals surface area contributed by atoms with Crippen LogP contribution in [0.4, 0.5) is 5.69 Å². The number of fused-ring (bicyclic) bond motifs is 5. The maximum atomic E-state index is 14.0. The van der Waals surface area contributed by atoms with Crippen LogP contribution in [0.15, 0.2) is 59.7 Å². The predicted molar refractivity (Wildman–Crippen MR) is 252 cm³/mol. The van der Waals surface area contributed by atoms with Gasteiger partial charge >= 0.3 is 0 Å². The maximum absolute atomic E-state index is 14.0. The summed E-state index contributed by atoms with van der Waals surface area (Å²) in [5.74, 6) is -2.49. The Morgan fingerprint density at radius 1 is 0.941 bits per heavy atom. The molecule has 3 aliphatic rings. The van der Waals surface area contributed by atoms with Crippen molar-refractivity contribution in [3.8, 4) is 6.07 Å². The van der Waals surface area contributed by atoms with Gasteiger partial charge in [-0.1, -0.05) is 32.9 Å². The van der Waals surface area contributed by atoms with Gasteiger partial charge in [0.1, 0.15) is 12.6 Å². The number of imide groups is 2. The van der Waals surface area contributed by atoms with Gasteiger partial charge in [-0.3, -0.25) is 44.0 Å². The molecule has 2 aliphatic heterocycles. The third-order valence-corrected chi connectivity index (χ3v) is 12.4. The Morgan fingerprint density at radius 2 is 1.65 bits per heavy atom. The lowest BCUT2D eigenvalue weighted by molar-refractivity contribution is -0.136. The number of carbonyl (C=O) groups excluding carboxylic acids is 6. The average molecular weight is 929 g/mol. The van der Waals surface area contributed by atoms with Crippen LogP contribution in [-0.2, 0) is 45.2 Å². The van der Waals surface area contributed by atoms with E-state index < -0.39 is 35.1 Å². The van der Waals surface area contributed by atoms with Crippen molar-refractivity contribution in [2.75, 3.05) is 84.9 Å². The van der Waals surface area contributed by atoms with Crippen LogP contribution in [0.25, 0.3) is 16.5 Å². The van der Waals surface area contributed by atoms with Gasteiger partial charge in [0.2, 0.25) is 17.7 Å². The van der Waals surface area contributed by atoms with Crippen LogP contribution in [0.1, 0.15) is 98.2 Å². The average Bonchev–Trinajstić information content (AvgIpc) is 3.85. The number of hydrogen-bond acceptors (Lipinski definition) is 14. The Bertz CT molecular complexity index is 2730. The number of H-pyrrole nitrogens is 1. The molecule has 1 atom stereocenters. The number of nitrogens with one attached hydrogen (secondary N) is 3. The number of aliphatic imine (C=N–C) groups is 1. The molecule has 1 fully saturated rings. The van der Waals surface area contributed by atoms with Crippen molar-refractivity contribution in [2.45, 2.75) is 51.5 Å². The van der Waals surface area contributed by atoms with Gasteiger partial charge in [-0.2, -0.15) is 5.26 Å². The SMILES string of the molecule is CCc1cc2c(cc1C(C=NCC(=O)N(C)CCOCCOCCOCCOCCNc1cccc3c1C(=O)N(C1CCC(=O)NC1=O)C3=O)=CN)C(C)(C)c1[nH]c3cc(C#N)ccc3c1C2=O. The Morgan fingerprint density at radius 3 is 2.32 bits per heavy atom. The number of ketones is 1. The second-order valence-electron chi connectivity index (χ2n) is 17.1. The number of hydrogen-bond donors (Lipinski definition) is 4. The van der Waals surface area contributed by atoms with Crippen molar-refractivity contribution in [1.82, 2.24) is 20.1 Å². The fourth-order valence-electron chi connectivity index (χ4n) is 8.70. The topological polar surface area (TPSA) is 248 Å². The lowest BCUT2D eigenvalue weighted by atomic mass is 9.70. The maximum Gasteiger partial charge on any atom is 0.264 e. The molecule has 0 saturated carbocycles. The Kier molecular flexibility index (Phi) is 15.6. The number of ether oxygens (including phenoxy) is 4. The molecule has 0 bridgehead atoms. The van der Waals surface area contributed by atoms with Gasteiger partial charge in [0.25, 0.3) is 11.8 Å². The molecule has 4 aromatic rings. The largest absolute Gasteiger partial charge is 0.404 e. The molecule has 1 aromatic heterocycles. The fraction of sp³-hybridized carbons (Fsp3) is 0.400. The van der Waals surface area contributed by atoms with Gasteiger partial charge in [-0.05, 0) is 65.9 Å². The zero-order chi connectivity index (χ0) is 48.5. The molecule has 68 heavy (non-hydrogen) atoms. The van der Waals surface area contributed by atoms with E-state index in [4.69, 9.17) is 24.7 Å². The molecule has 0 spiro atoms. The third-order valence-electron chi connectivity index (χ3n) is 12.4. The number of nitrogens with two attached hydrogens (primary N) is 1. The summed E-state index contributed by atoms with van der Waals surface area (Å²) < 4.78 is 22.4. The van der Waals surface area contributed by atoms with E-state index in [-0.39, 0.29) is 42.2 Å². The monoisotopic (exact) mass is 928 g/mol. The first kappa shape index (κ1) is 48.9. The zero-order valence-corrected chi connectivity index (χ0v) is 38.7. The number of allylic oxidation sites excluding steroid dienone is 1. The van der Waals surface area contributed by atoms with Crippen molar-refractivity contribution < 1.29 is 47.7 Å². The second kappa shape index (κ2) is 21.7. The normalized spacial score (nSPS) is 16.5. The van der Waals surface area contributed by atoms with E-state index in [9.17, 15) is 34.0 Å². The van der Waals surface area contributed by atoms with Crippen LogP contribution in [0.2, 0.25) is 0 Å². The van der Waals surface area contributed by atoms with Crippen molar-refractivity contribution in [3.63, 3.8) is 0 Å². The smallest absolute Gasteiger partial charge is 0.264 e. The number of aromatic amines is 1. The summed E-state index contributed by atoms with van der Waals surface area (Å²) in [5.41, 5.74) is 13.0. The van der Waals surface area contributed by atoms with Crippen molar-refractivity contribution in [2.24, 2.45) is 10.7 Å². The highest BCUT2D eigenvalue weighted by Gasteiger charge is 2.46. The molecule has 1 unspecified atom stereocenters. The van der Waals surface area contributed by atoms with E-state index in [0.717, 1.165) is 38.2 Å². The summed E-state index contributed by atoms with van der Waals surface area (Å²) >= 11 is 0. The number of likely N-dealkylation sites (N-methyl/N-ethyl adjacent to an activating group) is 1. The molecule has 7 rings (SSSR count). The van der Waals surface area contributed by atoms with E-state index >= 15 is 0 Å². The van der Waals surface area contributed by atoms with Crippen molar-refractivity contribution >= 4 is 63.7 Å². The molecule has 3 aromatic carbocycles. The van der Waals surface area contributed by atoms with Gasteiger partial charge < -0.3 is 39.9 Å². The quantitative estimate of drug-likeness (QED) is 0.0497. The summed E-state index contributed by atoms with van der Waals surface area (Å²) in [6, 6.07) is 15.3. The number of benzene rings is 3. The molecule has 5 amide bonds. The van der Waals surface area contributed by atoms with Gasteiger partial charge in [0.05, 0.1) is 81.2 Å². The van der Waals surface area contributed by atoms with Crippen LogP contribution in [0.3, 0.4) is 0 Å². The number of anilines is 1. The first-order valence-corrected chi connectivity index (χ1v) is 22.6. The molecule has 1 saturated heterocycles. The molecule has 356 valence electrons. The zero-order valence-electron chi connectivity index (χ0n) is 38.7. The number of aromatic nitrogens is 1. The van der Waals surface area contributed by atoms with E-state index in [1.54, 1.807) is 48.5 Å². The molecular formula is C50H56N8O10. The fourth-order valence-corrected chi connectivity index (χ4v) is 8.70. The second-order valence-corrected chi connectivity index (χ2v) is 17.1. The van der Waals surface area contributed by atoms with Crippen LogP contribution in [0, 0.1) is 11.3 Å². The van der Waals surface area contributed by atoms with E-state index in [0.29, 0.717) is 100 Å². The number of aryl methyl sites for hydroxylation is 1. The first-order chi connectivity index (χ1) is 32.8. The molecule has 0 radical (unpaired) electrons. The molecule has 5 N–H and O–H groups in total. The molecule has 1 aliphatic carbocycles. The number of nitriles is 1. The van der Waals surface area contributed by atoms with E-state index in [1.165, 1.54) is 6.20 Å². The molecular weight excluding hydrogens is 873 g/mol. The minimum atomic E-state index is -1.03. The highest BCUT2D eigenvalue weighted by atomic mass is 16.6. The summed E-state index contributed by atoms with van der Waals surface area (Å²) in [4.78, 5) is 87.5. The number of rotatable bonds is 22. The van der Waals surface area contributed by atoms with Crippen molar-refractivity contribution in [1.29, 1.82) is 5.26 Å². The highest BCUT2D eigenvalue weighted by Crippen LogP contribution is 2.45. The number of amides is 5. The summed E-state index contributed by atoms with van der Waals surface area (Å²) in [6.45, 7) is 9.49. The standard InChI is InChI=1S/C50H56N8O10/c1-5-31-24-36-37(50(2,3)46-44(45(36)61)33-10-9-30(26-51)23-39(33)55-46)25-35(31)32(27-52)28-53-29-42(60)57(4)14-16-66-18-20-68-22-21-67-19-17-65-15-13-54-38-8-6-7-34-43(38)49(64)58(48(34)63)40-11-12-41(59)56-47(40)62/h6-10,23-25,27-28,40,54-55H,5,11-22,29,52H2,1-4H3,(H,56,59,62). The molecule has 18 heteroatoms. The van der Waals surface area contributed by atoms with Gasteiger partial charge in [-0.15, -0.1) is 0 Å². The van der Waals surface area contributed by atoms with E-state index in [1.807, 2.05) is 25.1 Å². The van der Waals surface area contributed by atoms with Crippen molar-refractivity contribution in [3.05, 3.63) is 105 Å². The van der Waals surface area contributed by atoms with Crippen LogP contribution < -0.4 is 16.4 Å². The highest BCUT2D eigenvalue weighted by molar-refractivity contribution is 6.25. The predicted octanol–water partition coefficient (Wildman–Crippen LogP) is 3.88. The minimum absolute atomic E-state index is 0.0497. The molecule has 3 heterocycles. The lowest BCUT2D eigenvalue weighted by Gasteiger charge is -2.33. The van der Waals surface area contributed by atoms with Crippen LogP contribution >= 0.6 is 0 Å². The summed E-state index contributed by atoms with van der Waals surface area (Å²) in [5, 5.41) is 15.6. The summed E-state index contributed by atoms with van der Waals surface area (Å²) in [7, 11) is 1.69. The summed E-state index contributed by atoms with van der Waals surface area (Å²) in [6.07, 6.45) is 3.84. The lowest BCUT2D eigenvalue weighted by Crippen LogP contribution is -2.54. The third kappa shape index (κ3) is 10.3. The van der Waals surface area contributed by atoms with E-state index in [2.05, 4.69) is 40.5 Å². The van der Waals surface area contributed by atoms with Crippen LogP contribution in [-0.4, -0.2) is 142 Å². The van der Waals surface area contributed by atoms with Gasteiger partial charge in [-0.25, -0.2) is 0 Å². The Hall–Kier alpha value is -7.04. The number of piperidine rings is 1. The van der Waals surface area contributed by atoms with Gasteiger partial charge in [0, 0.05) is 77.8 Å². The van der Waals surface area contributed by atoms with Crippen LogP contribution in [0.5, 0.6) is 0 Å². The number of nitrogens with zero attached hydrogens (tertiary/aromatic N) is 4. The Labute approximate surface area is 393 Å². The molecule has 18 nitrogen and oxygen atoms in total. The van der Waals surface area contributed by atoms with Gasteiger partial charge in [0.15, 0.2) is 5.78 Å². The number of carbonyl (C=O) groups is 6. The minimum Gasteiger partial charge on any atom is -0.404 e. The Balaban J connectivity index is 0.754.